The minimum absolute atomic E-state index is 0.108. The summed E-state index contributed by atoms with van der Waals surface area (Å²) in [5, 5.41) is 3.22. The first-order valence-electron chi connectivity index (χ1n) is 11.6. The number of aromatic nitrogens is 2. The van der Waals surface area contributed by atoms with Crippen molar-refractivity contribution >= 4 is 17.5 Å². The molecule has 13 heteroatoms. The van der Waals surface area contributed by atoms with E-state index in [1.165, 1.54) is 29.2 Å². The summed E-state index contributed by atoms with van der Waals surface area (Å²) in [5.74, 6) is -1.42. The Morgan fingerprint density at radius 2 is 1.82 bits per heavy atom. The lowest BCUT2D eigenvalue weighted by Gasteiger charge is -2.56. The van der Waals surface area contributed by atoms with Gasteiger partial charge in [-0.3, -0.25) is 14.5 Å². The van der Waals surface area contributed by atoms with Crippen LogP contribution in [0, 0.1) is 18.2 Å². The molecule has 0 unspecified atom stereocenters. The van der Waals surface area contributed by atoms with Gasteiger partial charge in [0.2, 0.25) is 17.6 Å². The number of amides is 2. The van der Waals surface area contributed by atoms with Crippen molar-refractivity contribution in [3.63, 3.8) is 0 Å². The number of halogens is 6. The van der Waals surface area contributed by atoms with Crippen LogP contribution in [0.1, 0.15) is 53.6 Å². The van der Waals surface area contributed by atoms with Gasteiger partial charge in [-0.05, 0) is 48.7 Å². The average Bonchev–Trinajstić information content (AvgIpc) is 3.35. The van der Waals surface area contributed by atoms with Gasteiger partial charge < -0.3 is 9.42 Å². The lowest BCUT2D eigenvalue weighted by atomic mass is 9.65. The fourth-order valence-corrected chi connectivity index (χ4v) is 4.96. The van der Waals surface area contributed by atoms with Gasteiger partial charge in [0.25, 0.3) is 5.91 Å². The zero-order valence-electron chi connectivity index (χ0n) is 19.9. The SMILES string of the molecule is C#Cc1ccc(N2CC(=O)N(Cc3ccc(C(F)(F)F)cc3)C3(CC(c4nc(C(F)F)no4)C3)C2=O)c(F)c1. The number of hydrogen-bond donors (Lipinski definition) is 0. The zero-order chi connectivity index (χ0) is 28.1. The third-order valence-electron chi connectivity index (χ3n) is 6.95. The van der Waals surface area contributed by atoms with Crippen LogP contribution in [-0.4, -0.2) is 38.9 Å². The number of benzene rings is 2. The van der Waals surface area contributed by atoms with Gasteiger partial charge in [0.05, 0.1) is 11.3 Å². The zero-order valence-corrected chi connectivity index (χ0v) is 19.9. The van der Waals surface area contributed by atoms with Crippen LogP contribution in [0.5, 0.6) is 0 Å². The molecule has 0 radical (unpaired) electrons. The molecule has 2 aromatic carbocycles. The van der Waals surface area contributed by atoms with E-state index in [4.69, 9.17) is 10.9 Å². The van der Waals surface area contributed by atoms with Gasteiger partial charge in [-0.15, -0.1) is 6.42 Å². The minimum Gasteiger partial charge on any atom is -0.339 e. The van der Waals surface area contributed by atoms with Crippen LogP contribution in [0.25, 0.3) is 0 Å². The molecule has 5 rings (SSSR count). The smallest absolute Gasteiger partial charge is 0.339 e. The first kappa shape index (κ1) is 26.3. The maximum atomic E-state index is 14.9. The minimum atomic E-state index is -4.56. The Kier molecular flexibility index (Phi) is 6.36. The van der Waals surface area contributed by atoms with E-state index in [9.17, 15) is 35.9 Å². The molecule has 1 aliphatic carbocycles. The number of hydrogen-bond acceptors (Lipinski definition) is 5. The molecule has 0 atom stereocenters. The number of alkyl halides is 5. The molecule has 7 nitrogen and oxygen atoms in total. The highest BCUT2D eigenvalue weighted by Crippen LogP contribution is 2.51. The first-order chi connectivity index (χ1) is 18.4. The molecule has 2 heterocycles. The fourth-order valence-electron chi connectivity index (χ4n) is 4.96. The van der Waals surface area contributed by atoms with E-state index in [2.05, 4.69) is 16.1 Å². The van der Waals surface area contributed by atoms with Crippen LogP contribution in [0.3, 0.4) is 0 Å². The Bertz CT molecular complexity index is 1470. The average molecular weight is 548 g/mol. The second-order valence-corrected chi connectivity index (χ2v) is 9.30. The summed E-state index contributed by atoms with van der Waals surface area (Å²) in [5.41, 5.74) is -2.07. The second-order valence-electron chi connectivity index (χ2n) is 9.30. The molecule has 202 valence electrons. The molecule has 0 N–H and O–H groups in total. The Morgan fingerprint density at radius 3 is 2.38 bits per heavy atom. The molecule has 1 saturated carbocycles. The van der Waals surface area contributed by atoms with Crippen molar-refractivity contribution in [3.8, 4) is 12.3 Å². The van der Waals surface area contributed by atoms with Gasteiger partial charge in [-0.25, -0.2) is 13.2 Å². The topological polar surface area (TPSA) is 79.5 Å². The van der Waals surface area contributed by atoms with E-state index in [1.807, 2.05) is 0 Å². The Hall–Kier alpha value is -4.34. The van der Waals surface area contributed by atoms with Crippen LogP contribution < -0.4 is 4.90 Å². The van der Waals surface area contributed by atoms with E-state index >= 15 is 0 Å². The predicted octanol–water partition coefficient (Wildman–Crippen LogP) is 4.84. The van der Waals surface area contributed by atoms with Crippen molar-refractivity contribution in [1.82, 2.24) is 15.0 Å². The highest BCUT2D eigenvalue weighted by molar-refractivity contribution is 6.10. The number of carbonyl (C=O) groups is 2. The number of carbonyl (C=O) groups excluding carboxylic acids is 2. The Balaban J connectivity index is 1.48. The van der Waals surface area contributed by atoms with E-state index < -0.39 is 59.6 Å². The lowest BCUT2D eigenvalue weighted by Crippen LogP contribution is -2.72. The van der Waals surface area contributed by atoms with E-state index in [0.717, 1.165) is 23.1 Å². The molecule has 1 saturated heterocycles. The van der Waals surface area contributed by atoms with E-state index in [-0.39, 0.29) is 36.5 Å². The predicted molar refractivity (Wildman–Crippen MR) is 123 cm³/mol. The molecule has 0 bridgehead atoms. The van der Waals surface area contributed by atoms with Gasteiger partial charge in [0.15, 0.2) is 0 Å². The summed E-state index contributed by atoms with van der Waals surface area (Å²) in [6, 6.07) is 7.84. The number of rotatable bonds is 5. The lowest BCUT2D eigenvalue weighted by molar-refractivity contribution is -0.160. The second kappa shape index (κ2) is 9.44. The molecular weight excluding hydrogens is 530 g/mol. The molecule has 2 aliphatic rings. The third kappa shape index (κ3) is 4.60. The standard InChI is InChI=1S/C26H18F6N4O3/c1-2-14-5-8-19(18(27)9-14)35-13-20(37)36(12-15-3-6-17(7-4-15)26(30,31)32)25(24(35)38)10-16(11-25)23-33-22(21(28)29)34-39-23/h1,3-9,16,21H,10-13H2. The van der Waals surface area contributed by atoms with Gasteiger partial charge in [-0.2, -0.15) is 18.2 Å². The third-order valence-corrected chi connectivity index (χ3v) is 6.95. The molecule has 1 aliphatic heterocycles. The van der Waals surface area contributed by atoms with Crippen molar-refractivity contribution < 1.29 is 40.5 Å². The van der Waals surface area contributed by atoms with Gasteiger partial charge in [0.1, 0.15) is 17.9 Å². The molecular formula is C26H18F6N4O3. The largest absolute Gasteiger partial charge is 0.416 e. The van der Waals surface area contributed by atoms with Crippen molar-refractivity contribution in [1.29, 1.82) is 0 Å². The monoisotopic (exact) mass is 548 g/mol. The van der Waals surface area contributed by atoms with Crippen molar-refractivity contribution in [2.45, 2.75) is 43.4 Å². The highest BCUT2D eigenvalue weighted by Gasteiger charge is 2.61. The van der Waals surface area contributed by atoms with Crippen LogP contribution in [-0.2, 0) is 22.3 Å². The Morgan fingerprint density at radius 1 is 1.13 bits per heavy atom. The van der Waals surface area contributed by atoms with Crippen LogP contribution in [0.2, 0.25) is 0 Å². The molecule has 3 aromatic rings. The molecule has 2 amide bonds. The fraction of sp³-hybridized carbons (Fsp3) is 0.308. The summed E-state index contributed by atoms with van der Waals surface area (Å²) < 4.78 is 84.7. The number of piperazine rings is 1. The molecule has 1 spiro atoms. The van der Waals surface area contributed by atoms with Crippen molar-refractivity contribution in [2.24, 2.45) is 0 Å². The van der Waals surface area contributed by atoms with E-state index in [0.29, 0.717) is 5.56 Å². The number of terminal acetylenes is 1. The highest BCUT2D eigenvalue weighted by atomic mass is 19.4. The van der Waals surface area contributed by atoms with Crippen molar-refractivity contribution in [2.75, 3.05) is 11.4 Å². The maximum absolute atomic E-state index is 14.9. The van der Waals surface area contributed by atoms with Gasteiger partial charge in [0, 0.05) is 18.0 Å². The number of anilines is 1. The summed E-state index contributed by atoms with van der Waals surface area (Å²) >= 11 is 0. The molecule has 1 aromatic heterocycles. The Labute approximate surface area is 217 Å². The summed E-state index contributed by atoms with van der Waals surface area (Å²) in [4.78, 5) is 33.1. The normalized spacial score (nSPS) is 21.4. The summed E-state index contributed by atoms with van der Waals surface area (Å²) in [7, 11) is 0. The van der Waals surface area contributed by atoms with E-state index in [1.54, 1.807) is 0 Å². The van der Waals surface area contributed by atoms with Gasteiger partial charge >= 0.3 is 12.6 Å². The maximum Gasteiger partial charge on any atom is 0.416 e. The number of nitrogens with zero attached hydrogens (tertiary/aromatic N) is 4. The van der Waals surface area contributed by atoms with Crippen molar-refractivity contribution in [3.05, 3.63) is 76.7 Å². The van der Waals surface area contributed by atoms with Crippen LogP contribution in [0.15, 0.2) is 47.0 Å². The summed E-state index contributed by atoms with van der Waals surface area (Å²) in [6.45, 7) is -0.748. The summed E-state index contributed by atoms with van der Waals surface area (Å²) in [6.07, 6.45) is -2.45. The van der Waals surface area contributed by atoms with Gasteiger partial charge in [-0.1, -0.05) is 23.2 Å². The molecule has 39 heavy (non-hydrogen) atoms. The van der Waals surface area contributed by atoms with Crippen LogP contribution in [0.4, 0.5) is 32.0 Å². The quantitative estimate of drug-likeness (QED) is 0.337. The first-order valence-corrected chi connectivity index (χ1v) is 11.6. The molecule has 2 fully saturated rings. The van der Waals surface area contributed by atoms with Crippen LogP contribution >= 0.6 is 0 Å².